The molecular formula is C22H24N2O8. The fourth-order valence-corrected chi connectivity index (χ4v) is 5.40. The zero-order chi connectivity index (χ0) is 24.8. The lowest BCUT2D eigenvalue weighted by atomic mass is 9.54. The number of benzene rings is 1. The number of aliphatic hydroxyl groups is 4. The van der Waals surface area contributed by atoms with Crippen LogP contribution in [0.1, 0.15) is 25.8 Å². The Hall–Kier alpha value is -3.21. The predicted octanol–water partition coefficient (Wildman–Crippen LogP) is -0.371. The first-order valence-corrected chi connectivity index (χ1v) is 9.89. The number of hydrogen-bond acceptors (Lipinski definition) is 9. The summed E-state index contributed by atoms with van der Waals surface area (Å²) < 4.78 is 8.21. The summed E-state index contributed by atoms with van der Waals surface area (Å²) in [5.74, 6) is -8.47. The molecule has 7 N–H and O–H groups in total. The fraction of sp³-hybridized carbons (Fsp3) is 0.409. The Balaban J connectivity index is 2.07. The van der Waals surface area contributed by atoms with E-state index in [4.69, 9.17) is 7.10 Å². The number of amides is 1. The lowest BCUT2D eigenvalue weighted by Gasteiger charge is -2.53. The molecule has 170 valence electrons. The van der Waals surface area contributed by atoms with Crippen LogP contribution in [0.25, 0.3) is 5.76 Å². The summed E-state index contributed by atoms with van der Waals surface area (Å²) in [6.07, 6.45) is -0.284. The van der Waals surface area contributed by atoms with Gasteiger partial charge in [-0.05, 0) is 39.1 Å². The number of nitrogens with zero attached hydrogens (tertiary/aromatic N) is 1. The van der Waals surface area contributed by atoms with Crippen LogP contribution in [0.5, 0.6) is 5.75 Å². The van der Waals surface area contributed by atoms with Crippen molar-refractivity contribution in [1.82, 2.24) is 4.90 Å². The maximum atomic E-state index is 13.7. The predicted molar refractivity (Wildman–Crippen MR) is 110 cm³/mol. The number of phenolic OH excluding ortho intramolecular Hbond substituents is 1. The number of fused-ring (bicyclic) bond motifs is 3. The van der Waals surface area contributed by atoms with Gasteiger partial charge in [0.1, 0.15) is 22.8 Å². The number of primary amides is 1. The molecule has 4 rings (SSSR count). The van der Waals surface area contributed by atoms with E-state index < -0.39 is 75.0 Å². The highest BCUT2D eigenvalue weighted by Gasteiger charge is 2.66. The van der Waals surface area contributed by atoms with Gasteiger partial charge in [-0.1, -0.05) is 12.1 Å². The van der Waals surface area contributed by atoms with Crippen LogP contribution in [0.15, 0.2) is 35.1 Å². The number of phenols is 1. The van der Waals surface area contributed by atoms with E-state index in [0.717, 1.165) is 6.07 Å². The molecule has 1 aromatic carbocycles. The molecule has 1 amide bonds. The molecule has 0 unspecified atom stereocenters. The summed E-state index contributed by atoms with van der Waals surface area (Å²) in [4.78, 5) is 40.0. The quantitative estimate of drug-likeness (QED) is 0.330. The third-order valence-electron chi connectivity index (χ3n) is 6.91. The summed E-state index contributed by atoms with van der Waals surface area (Å²) in [6.45, 7) is 1.30. The summed E-state index contributed by atoms with van der Waals surface area (Å²) in [6, 6.07) is 0.873. The first kappa shape index (κ1) is 20.7. The van der Waals surface area contributed by atoms with Crippen molar-refractivity contribution in [2.75, 3.05) is 14.1 Å². The van der Waals surface area contributed by atoms with Crippen molar-refractivity contribution in [3.05, 3.63) is 46.2 Å². The van der Waals surface area contributed by atoms with Crippen LogP contribution in [0.4, 0.5) is 0 Å². The van der Waals surface area contributed by atoms with E-state index in [2.05, 4.69) is 0 Å². The van der Waals surface area contributed by atoms with Crippen molar-refractivity contribution in [3.63, 3.8) is 0 Å². The number of nitrogens with two attached hydrogens (primary N) is 1. The van der Waals surface area contributed by atoms with Gasteiger partial charge in [-0.2, -0.15) is 0 Å². The SMILES string of the molecule is [3H]c1ccc(O)c2c1[C@@](C)(O)[C@H]1C[C@H]3[C@H](N(C)C)C(=O)C(C(N)=O)=C(O)[C@@]3(O)C(=O)C1=C2O. The highest BCUT2D eigenvalue weighted by Crippen LogP contribution is 2.57. The molecular weight excluding hydrogens is 420 g/mol. The highest BCUT2D eigenvalue weighted by molar-refractivity contribution is 6.24. The van der Waals surface area contributed by atoms with Crippen LogP contribution in [0.3, 0.4) is 0 Å². The molecule has 32 heavy (non-hydrogen) atoms. The van der Waals surface area contributed by atoms with Gasteiger partial charge in [0, 0.05) is 17.4 Å². The largest absolute Gasteiger partial charge is 0.508 e. The van der Waals surface area contributed by atoms with Crippen LogP contribution in [-0.2, 0) is 20.0 Å². The fourth-order valence-electron chi connectivity index (χ4n) is 5.40. The van der Waals surface area contributed by atoms with Crippen LogP contribution in [0, 0.1) is 11.8 Å². The van der Waals surface area contributed by atoms with Crippen LogP contribution in [-0.4, -0.2) is 73.6 Å². The molecule has 0 bridgehead atoms. The standard InChI is InChI=1S/C22H24N2O8/c1-21(31)8-5-4-6-11(25)12(8)16(26)13-9(21)7-10-15(24(2)3)17(27)14(20(23)30)19(29)22(10,32)18(13)28/h4-6,9-10,15,25-26,29,31-32H,7H2,1-3H3,(H2,23,30)/t9-,10-,15-,21+,22-/m0/s1/i5T. The summed E-state index contributed by atoms with van der Waals surface area (Å²) in [5.41, 5.74) is -1.37. The first-order chi connectivity index (χ1) is 15.2. The summed E-state index contributed by atoms with van der Waals surface area (Å²) in [5, 5.41) is 55.1. The molecule has 0 saturated heterocycles. The number of carbonyl (C=O) groups excluding carboxylic acids is 3. The zero-order valence-corrected chi connectivity index (χ0v) is 17.6. The molecule has 3 aliphatic rings. The van der Waals surface area contributed by atoms with Gasteiger partial charge < -0.3 is 31.3 Å². The maximum Gasteiger partial charge on any atom is 0.255 e. The van der Waals surface area contributed by atoms with Crippen LogP contribution in [0.2, 0.25) is 0 Å². The van der Waals surface area contributed by atoms with Crippen molar-refractivity contribution in [2.24, 2.45) is 17.6 Å². The molecule has 1 fully saturated rings. The average Bonchev–Trinajstić information content (AvgIpc) is 2.69. The Morgan fingerprint density at radius 1 is 1.25 bits per heavy atom. The van der Waals surface area contributed by atoms with Crippen molar-refractivity contribution >= 4 is 23.2 Å². The van der Waals surface area contributed by atoms with Crippen LogP contribution >= 0.6 is 0 Å². The number of hydrogen-bond donors (Lipinski definition) is 6. The van der Waals surface area contributed by atoms with E-state index in [1.807, 2.05) is 0 Å². The molecule has 10 nitrogen and oxygen atoms in total. The number of likely N-dealkylation sites (N-methyl/N-ethyl adjacent to an activating group) is 1. The Labute approximate surface area is 184 Å². The van der Waals surface area contributed by atoms with E-state index in [0.29, 0.717) is 0 Å². The summed E-state index contributed by atoms with van der Waals surface area (Å²) >= 11 is 0. The number of aliphatic hydroxyl groups excluding tert-OH is 2. The van der Waals surface area contributed by atoms with Crippen LogP contribution < -0.4 is 5.73 Å². The minimum absolute atomic E-state index is 0.117. The van der Waals surface area contributed by atoms with Gasteiger partial charge in [0.15, 0.2) is 11.4 Å². The van der Waals surface area contributed by atoms with Gasteiger partial charge in [0.05, 0.1) is 18.6 Å². The average molecular weight is 446 g/mol. The van der Waals surface area contributed by atoms with Crippen molar-refractivity contribution < 1.29 is 41.3 Å². The number of Topliss-reactive ketones (excluding diaryl/α,β-unsaturated/α-hetero) is 2. The lowest BCUT2D eigenvalue weighted by molar-refractivity contribution is -0.159. The minimum atomic E-state index is -2.80. The molecule has 1 aromatic rings. The highest BCUT2D eigenvalue weighted by atomic mass is 16.3. The molecule has 0 aliphatic heterocycles. The smallest absolute Gasteiger partial charge is 0.255 e. The topological polar surface area (TPSA) is 182 Å². The third-order valence-corrected chi connectivity index (χ3v) is 6.91. The second-order valence-corrected chi connectivity index (χ2v) is 8.87. The van der Waals surface area contributed by atoms with E-state index >= 15 is 0 Å². The van der Waals surface area contributed by atoms with Gasteiger partial charge in [0.25, 0.3) is 5.91 Å². The molecule has 10 heteroatoms. The lowest BCUT2D eigenvalue weighted by Crippen LogP contribution is -2.67. The first-order valence-electron chi connectivity index (χ1n) is 10.4. The number of ketones is 2. The van der Waals surface area contributed by atoms with Crippen molar-refractivity contribution in [3.8, 4) is 5.75 Å². The zero-order valence-electron chi connectivity index (χ0n) is 18.6. The van der Waals surface area contributed by atoms with Gasteiger partial charge in [-0.15, -0.1) is 0 Å². The second kappa shape index (κ2) is 6.64. The van der Waals surface area contributed by atoms with Gasteiger partial charge >= 0.3 is 0 Å². The Bertz CT molecular complexity index is 1200. The molecule has 0 radical (unpaired) electrons. The van der Waals surface area contributed by atoms with E-state index in [9.17, 15) is 39.9 Å². The molecule has 3 aliphatic carbocycles. The molecule has 0 aromatic heterocycles. The number of rotatable bonds is 2. The molecule has 0 heterocycles. The Morgan fingerprint density at radius 3 is 2.44 bits per heavy atom. The number of aromatic hydroxyl groups is 1. The maximum absolute atomic E-state index is 13.7. The van der Waals surface area contributed by atoms with E-state index in [-0.39, 0.29) is 23.6 Å². The van der Waals surface area contributed by atoms with E-state index in [1.54, 1.807) is 0 Å². The minimum Gasteiger partial charge on any atom is -0.508 e. The second-order valence-electron chi connectivity index (χ2n) is 8.87. The monoisotopic (exact) mass is 446 g/mol. The Morgan fingerprint density at radius 2 is 1.88 bits per heavy atom. The molecule has 1 saturated carbocycles. The summed E-state index contributed by atoms with van der Waals surface area (Å²) in [7, 11) is 2.96. The molecule has 0 spiro atoms. The van der Waals surface area contributed by atoms with Gasteiger partial charge in [-0.3, -0.25) is 19.3 Å². The van der Waals surface area contributed by atoms with Gasteiger partial charge in [-0.25, -0.2) is 0 Å². The third kappa shape index (κ3) is 2.48. The van der Waals surface area contributed by atoms with E-state index in [1.165, 1.54) is 32.0 Å². The molecule has 5 atom stereocenters. The Kier molecular flexibility index (Phi) is 4.29. The van der Waals surface area contributed by atoms with Crippen molar-refractivity contribution in [1.29, 1.82) is 0 Å². The van der Waals surface area contributed by atoms with Gasteiger partial charge in [0.2, 0.25) is 5.78 Å². The normalized spacial score (nSPS) is 34.8. The number of carbonyl (C=O) groups is 3. The van der Waals surface area contributed by atoms with Crippen molar-refractivity contribution in [2.45, 2.75) is 30.6 Å².